The normalized spacial score (nSPS) is 13.2. The van der Waals surface area contributed by atoms with Crippen molar-refractivity contribution in [2.45, 2.75) is 78.4 Å². The molecule has 2 rings (SSSR count). The van der Waals surface area contributed by atoms with Crippen molar-refractivity contribution in [3.8, 4) is 0 Å². The molecule has 2 aromatic rings. The standard InChI is InChI=1S/C24H33ClN4O4/c1-7-15(2)29(21(31)13-12-20(30)26-19-14-16(3)33-28-19)22(23(32)27-24(4,5)6)17-10-8-9-11-18(17)25/h8-11,14-15,22H,7,12-13H2,1-6H3,(H,27,32)(H,26,28,30). The maximum atomic E-state index is 13.4. The molecule has 1 aromatic heterocycles. The predicted octanol–water partition coefficient (Wildman–Crippen LogP) is 4.64. The van der Waals surface area contributed by atoms with Gasteiger partial charge in [0.2, 0.25) is 17.7 Å². The van der Waals surface area contributed by atoms with E-state index in [-0.39, 0.29) is 36.6 Å². The van der Waals surface area contributed by atoms with Gasteiger partial charge in [-0.2, -0.15) is 0 Å². The number of rotatable bonds is 9. The summed E-state index contributed by atoms with van der Waals surface area (Å²) in [5.41, 5.74) is 0.0354. The molecule has 0 saturated heterocycles. The summed E-state index contributed by atoms with van der Waals surface area (Å²) in [4.78, 5) is 40.7. The molecular weight excluding hydrogens is 444 g/mol. The molecule has 0 radical (unpaired) electrons. The lowest BCUT2D eigenvalue weighted by molar-refractivity contribution is -0.144. The first-order chi connectivity index (χ1) is 15.4. The highest BCUT2D eigenvalue weighted by Crippen LogP contribution is 2.31. The molecule has 0 fully saturated rings. The molecule has 2 unspecified atom stereocenters. The van der Waals surface area contributed by atoms with Gasteiger partial charge in [-0.05, 0) is 47.1 Å². The number of anilines is 1. The van der Waals surface area contributed by atoms with Crippen LogP contribution in [0.5, 0.6) is 0 Å². The fourth-order valence-corrected chi connectivity index (χ4v) is 3.61. The fourth-order valence-electron chi connectivity index (χ4n) is 3.37. The van der Waals surface area contributed by atoms with Crippen LogP contribution in [0.4, 0.5) is 5.82 Å². The summed E-state index contributed by atoms with van der Waals surface area (Å²) in [5, 5.41) is 9.70. The van der Waals surface area contributed by atoms with Crippen LogP contribution >= 0.6 is 11.6 Å². The van der Waals surface area contributed by atoms with Crippen molar-refractivity contribution < 1.29 is 18.9 Å². The third kappa shape index (κ3) is 7.60. The highest BCUT2D eigenvalue weighted by Gasteiger charge is 2.36. The smallest absolute Gasteiger partial charge is 0.247 e. The zero-order valence-corrected chi connectivity index (χ0v) is 20.8. The van der Waals surface area contributed by atoms with Gasteiger partial charge >= 0.3 is 0 Å². The minimum absolute atomic E-state index is 0.0617. The molecule has 0 aliphatic carbocycles. The van der Waals surface area contributed by atoms with Crippen LogP contribution in [-0.2, 0) is 14.4 Å². The molecule has 8 nitrogen and oxygen atoms in total. The van der Waals surface area contributed by atoms with E-state index >= 15 is 0 Å². The summed E-state index contributed by atoms with van der Waals surface area (Å²) in [5.74, 6) is -0.148. The van der Waals surface area contributed by atoms with Crippen molar-refractivity contribution >= 4 is 35.1 Å². The van der Waals surface area contributed by atoms with E-state index in [9.17, 15) is 14.4 Å². The molecule has 0 aliphatic heterocycles. The third-order valence-corrected chi connectivity index (χ3v) is 5.38. The molecule has 1 heterocycles. The Bertz CT molecular complexity index is 983. The van der Waals surface area contributed by atoms with Crippen molar-refractivity contribution in [2.24, 2.45) is 0 Å². The van der Waals surface area contributed by atoms with E-state index in [0.29, 0.717) is 28.6 Å². The number of aryl methyl sites for hydroxylation is 1. The first-order valence-electron chi connectivity index (χ1n) is 11.0. The first-order valence-corrected chi connectivity index (χ1v) is 11.4. The molecule has 0 bridgehead atoms. The molecule has 3 amide bonds. The van der Waals surface area contributed by atoms with Crippen molar-refractivity contribution in [2.75, 3.05) is 5.32 Å². The summed E-state index contributed by atoms with van der Waals surface area (Å²) >= 11 is 6.45. The lowest BCUT2D eigenvalue weighted by Crippen LogP contribution is -2.51. The summed E-state index contributed by atoms with van der Waals surface area (Å²) in [6.07, 6.45) is 0.491. The van der Waals surface area contributed by atoms with Crippen LogP contribution in [0, 0.1) is 6.92 Å². The number of amides is 3. The van der Waals surface area contributed by atoms with Gasteiger partial charge in [0.05, 0.1) is 0 Å². The number of nitrogens with zero attached hydrogens (tertiary/aromatic N) is 2. The van der Waals surface area contributed by atoms with Gasteiger partial charge in [0, 0.05) is 41.1 Å². The van der Waals surface area contributed by atoms with Gasteiger partial charge < -0.3 is 20.1 Å². The average molecular weight is 477 g/mol. The van der Waals surface area contributed by atoms with E-state index in [0.717, 1.165) is 0 Å². The summed E-state index contributed by atoms with van der Waals surface area (Å²) < 4.78 is 4.94. The molecule has 0 aliphatic rings. The molecule has 0 spiro atoms. The van der Waals surface area contributed by atoms with E-state index in [1.165, 1.54) is 4.90 Å². The topological polar surface area (TPSA) is 105 Å². The van der Waals surface area contributed by atoms with Crippen molar-refractivity contribution in [3.05, 3.63) is 46.7 Å². The SMILES string of the molecule is CCC(C)N(C(=O)CCC(=O)Nc1cc(C)on1)C(C(=O)NC(C)(C)C)c1ccccc1Cl. The van der Waals surface area contributed by atoms with Crippen LogP contribution in [0.15, 0.2) is 34.9 Å². The maximum Gasteiger partial charge on any atom is 0.247 e. The fraction of sp³-hybridized carbons (Fsp3) is 0.500. The molecule has 2 atom stereocenters. The summed E-state index contributed by atoms with van der Waals surface area (Å²) in [6.45, 7) is 11.2. The van der Waals surface area contributed by atoms with Crippen molar-refractivity contribution in [1.82, 2.24) is 15.4 Å². The third-order valence-electron chi connectivity index (χ3n) is 5.04. The average Bonchev–Trinajstić information content (AvgIpc) is 3.13. The van der Waals surface area contributed by atoms with Gasteiger partial charge in [0.15, 0.2) is 5.82 Å². The number of carbonyl (C=O) groups is 3. The van der Waals surface area contributed by atoms with Crippen LogP contribution in [0.3, 0.4) is 0 Å². The van der Waals surface area contributed by atoms with Crippen LogP contribution in [0.1, 0.15) is 71.2 Å². The Morgan fingerprint density at radius 3 is 2.39 bits per heavy atom. The minimum atomic E-state index is -0.929. The van der Waals surface area contributed by atoms with Gasteiger partial charge in [0.25, 0.3) is 0 Å². The lowest BCUT2D eigenvalue weighted by atomic mass is 9.98. The Balaban J connectivity index is 2.29. The van der Waals surface area contributed by atoms with E-state index in [1.807, 2.05) is 34.6 Å². The van der Waals surface area contributed by atoms with Gasteiger partial charge in [-0.3, -0.25) is 14.4 Å². The summed E-state index contributed by atoms with van der Waals surface area (Å²) in [6, 6.07) is 7.40. The molecule has 9 heteroatoms. The molecule has 2 N–H and O–H groups in total. The lowest BCUT2D eigenvalue weighted by Gasteiger charge is -2.37. The van der Waals surface area contributed by atoms with Crippen LogP contribution < -0.4 is 10.6 Å². The van der Waals surface area contributed by atoms with E-state index in [4.69, 9.17) is 16.1 Å². The molecule has 0 saturated carbocycles. The van der Waals surface area contributed by atoms with E-state index in [2.05, 4.69) is 15.8 Å². The number of benzene rings is 1. The zero-order valence-electron chi connectivity index (χ0n) is 20.1. The van der Waals surface area contributed by atoms with Crippen LogP contribution in [-0.4, -0.2) is 39.4 Å². The predicted molar refractivity (Wildman–Crippen MR) is 128 cm³/mol. The van der Waals surface area contributed by atoms with Gasteiger partial charge in [-0.15, -0.1) is 0 Å². The first kappa shape index (κ1) is 26.4. The van der Waals surface area contributed by atoms with E-state index in [1.54, 1.807) is 37.3 Å². The number of nitrogens with one attached hydrogen (secondary N) is 2. The number of aromatic nitrogens is 1. The molecular formula is C24H33ClN4O4. The monoisotopic (exact) mass is 476 g/mol. The Morgan fingerprint density at radius 1 is 1.18 bits per heavy atom. The Kier molecular flexibility index (Phi) is 9.05. The van der Waals surface area contributed by atoms with Crippen LogP contribution in [0.2, 0.25) is 5.02 Å². The van der Waals surface area contributed by atoms with Crippen LogP contribution in [0.25, 0.3) is 0 Å². The number of halogens is 1. The second kappa shape index (κ2) is 11.3. The maximum absolute atomic E-state index is 13.4. The Hall–Kier alpha value is -2.87. The second-order valence-corrected chi connectivity index (χ2v) is 9.50. The summed E-state index contributed by atoms with van der Waals surface area (Å²) in [7, 11) is 0. The zero-order chi connectivity index (χ0) is 24.8. The van der Waals surface area contributed by atoms with Crippen molar-refractivity contribution in [1.29, 1.82) is 0 Å². The van der Waals surface area contributed by atoms with Gasteiger partial charge in [0.1, 0.15) is 11.8 Å². The number of hydrogen-bond acceptors (Lipinski definition) is 5. The van der Waals surface area contributed by atoms with E-state index < -0.39 is 11.6 Å². The Labute approximate surface area is 200 Å². The number of carbonyl (C=O) groups excluding carboxylic acids is 3. The highest BCUT2D eigenvalue weighted by molar-refractivity contribution is 6.31. The number of hydrogen-bond donors (Lipinski definition) is 2. The van der Waals surface area contributed by atoms with Gasteiger partial charge in [-0.1, -0.05) is 41.9 Å². The quantitative estimate of drug-likeness (QED) is 0.548. The Morgan fingerprint density at radius 2 is 1.85 bits per heavy atom. The minimum Gasteiger partial charge on any atom is -0.360 e. The molecule has 33 heavy (non-hydrogen) atoms. The molecule has 1 aromatic carbocycles. The molecule has 180 valence electrons. The van der Waals surface area contributed by atoms with Crippen molar-refractivity contribution in [3.63, 3.8) is 0 Å². The second-order valence-electron chi connectivity index (χ2n) is 9.09. The largest absolute Gasteiger partial charge is 0.360 e. The highest BCUT2D eigenvalue weighted by atomic mass is 35.5. The van der Waals surface area contributed by atoms with Gasteiger partial charge in [-0.25, -0.2) is 0 Å².